The lowest BCUT2D eigenvalue weighted by molar-refractivity contribution is 0.219. The van der Waals surface area contributed by atoms with Crippen LogP contribution in [0.2, 0.25) is 0 Å². The van der Waals surface area contributed by atoms with Crippen LogP contribution in [0.15, 0.2) is 57.9 Å². The quantitative estimate of drug-likeness (QED) is 0.572. The van der Waals surface area contributed by atoms with Crippen molar-refractivity contribution in [2.24, 2.45) is 0 Å². The van der Waals surface area contributed by atoms with Gasteiger partial charge in [0.05, 0.1) is 20.8 Å². The van der Waals surface area contributed by atoms with E-state index in [0.717, 1.165) is 24.3 Å². The van der Waals surface area contributed by atoms with Gasteiger partial charge in [-0.3, -0.25) is 9.69 Å². The molecule has 2 aromatic carbocycles. The molecule has 0 atom stereocenters. The number of rotatable bonds is 7. The molecule has 4 rings (SSSR count). The summed E-state index contributed by atoms with van der Waals surface area (Å²) in [5, 5.41) is 0. The van der Waals surface area contributed by atoms with Gasteiger partial charge in [0, 0.05) is 24.7 Å². The summed E-state index contributed by atoms with van der Waals surface area (Å²) in [4.78, 5) is 14.6. The zero-order valence-electron chi connectivity index (χ0n) is 17.5. The molecule has 1 aromatic heterocycles. The van der Waals surface area contributed by atoms with Gasteiger partial charge in [-0.1, -0.05) is 18.2 Å². The fourth-order valence-electron chi connectivity index (χ4n) is 3.69. The monoisotopic (exact) mass is 425 g/mol. The zero-order chi connectivity index (χ0) is 21.8. The van der Waals surface area contributed by atoms with Crippen LogP contribution in [0.25, 0.3) is 0 Å². The van der Waals surface area contributed by atoms with Crippen molar-refractivity contribution >= 4 is 0 Å². The Morgan fingerprint density at radius 1 is 1.03 bits per heavy atom. The molecule has 0 fully saturated rings. The van der Waals surface area contributed by atoms with Gasteiger partial charge in [0.15, 0.2) is 11.5 Å². The molecule has 0 radical (unpaired) electrons. The standard InChI is InChI=1S/C24H24FNO5/c1-28-22-9-16-7-8-26(12-18(16)10-23(22)29-2)13-19-11-21(27)24(15-30-19)31-14-17-5-3-4-6-20(17)25/h3-6,9-11,15H,7-8,12-14H2,1-2H3. The molecule has 0 saturated heterocycles. The van der Waals surface area contributed by atoms with Gasteiger partial charge in [0.2, 0.25) is 11.2 Å². The molecule has 0 amide bonds. The number of ether oxygens (including phenoxy) is 3. The highest BCUT2D eigenvalue weighted by atomic mass is 19.1. The smallest absolute Gasteiger partial charge is 0.227 e. The molecule has 2 heterocycles. The Bertz CT molecular complexity index is 1130. The van der Waals surface area contributed by atoms with Gasteiger partial charge < -0.3 is 18.6 Å². The van der Waals surface area contributed by atoms with Crippen molar-refractivity contribution in [1.29, 1.82) is 0 Å². The molecule has 31 heavy (non-hydrogen) atoms. The fraction of sp³-hybridized carbons (Fsp3) is 0.292. The van der Waals surface area contributed by atoms with Crippen molar-refractivity contribution in [2.75, 3.05) is 20.8 Å². The first-order valence-corrected chi connectivity index (χ1v) is 10.0. The summed E-state index contributed by atoms with van der Waals surface area (Å²) in [5.74, 6) is 1.67. The number of halogens is 1. The van der Waals surface area contributed by atoms with Crippen LogP contribution in [0.5, 0.6) is 17.2 Å². The topological polar surface area (TPSA) is 61.1 Å². The van der Waals surface area contributed by atoms with E-state index in [1.54, 1.807) is 32.4 Å². The summed E-state index contributed by atoms with van der Waals surface area (Å²) >= 11 is 0. The molecule has 1 aliphatic rings. The van der Waals surface area contributed by atoms with Gasteiger partial charge in [0.25, 0.3) is 0 Å². The van der Waals surface area contributed by atoms with Crippen LogP contribution in [-0.2, 0) is 26.1 Å². The maximum Gasteiger partial charge on any atom is 0.227 e. The highest BCUT2D eigenvalue weighted by molar-refractivity contribution is 5.48. The van der Waals surface area contributed by atoms with Gasteiger partial charge in [-0.2, -0.15) is 0 Å². The minimum absolute atomic E-state index is 0.0367. The highest BCUT2D eigenvalue weighted by Crippen LogP contribution is 2.33. The van der Waals surface area contributed by atoms with Crippen molar-refractivity contribution in [3.63, 3.8) is 0 Å². The maximum atomic E-state index is 13.7. The molecule has 0 saturated carbocycles. The van der Waals surface area contributed by atoms with E-state index in [1.165, 1.54) is 24.0 Å². The number of hydrogen-bond acceptors (Lipinski definition) is 6. The maximum absolute atomic E-state index is 13.7. The lowest BCUT2D eigenvalue weighted by atomic mass is 9.98. The highest BCUT2D eigenvalue weighted by Gasteiger charge is 2.20. The molecule has 6 nitrogen and oxygen atoms in total. The number of methoxy groups -OCH3 is 2. The van der Waals surface area contributed by atoms with Crippen LogP contribution in [0.1, 0.15) is 22.5 Å². The van der Waals surface area contributed by atoms with Crippen LogP contribution in [0.4, 0.5) is 4.39 Å². The average Bonchev–Trinajstić information content (AvgIpc) is 2.78. The summed E-state index contributed by atoms with van der Waals surface area (Å²) < 4.78 is 35.6. The number of benzene rings is 2. The van der Waals surface area contributed by atoms with Crippen LogP contribution in [-0.4, -0.2) is 25.7 Å². The first-order valence-electron chi connectivity index (χ1n) is 10.0. The predicted octanol–water partition coefficient (Wildman–Crippen LogP) is 3.93. The molecule has 7 heteroatoms. The number of fused-ring (bicyclic) bond motifs is 1. The van der Waals surface area contributed by atoms with Crippen molar-refractivity contribution in [3.05, 3.63) is 87.2 Å². The zero-order valence-corrected chi connectivity index (χ0v) is 17.5. The van der Waals surface area contributed by atoms with Crippen LogP contribution in [0.3, 0.4) is 0 Å². The molecule has 0 aliphatic carbocycles. The number of nitrogens with zero attached hydrogens (tertiary/aromatic N) is 1. The largest absolute Gasteiger partial charge is 0.493 e. The second-order valence-corrected chi connectivity index (χ2v) is 7.39. The van der Waals surface area contributed by atoms with E-state index in [9.17, 15) is 9.18 Å². The SMILES string of the molecule is COc1cc2c(cc1OC)CN(Cc1cc(=O)c(OCc3ccccc3F)co1)CC2. The third kappa shape index (κ3) is 4.72. The number of hydrogen-bond donors (Lipinski definition) is 0. The molecular formula is C24H24FNO5. The van der Waals surface area contributed by atoms with Crippen LogP contribution in [0, 0.1) is 5.82 Å². The van der Waals surface area contributed by atoms with Crippen molar-refractivity contribution in [2.45, 2.75) is 26.1 Å². The van der Waals surface area contributed by atoms with Crippen LogP contribution < -0.4 is 19.6 Å². The molecule has 0 N–H and O–H groups in total. The second-order valence-electron chi connectivity index (χ2n) is 7.39. The van der Waals surface area contributed by atoms with Crippen LogP contribution >= 0.6 is 0 Å². The molecule has 0 bridgehead atoms. The first kappa shape index (κ1) is 20.9. The summed E-state index contributed by atoms with van der Waals surface area (Å²) in [6.07, 6.45) is 2.16. The second kappa shape index (κ2) is 9.22. The van der Waals surface area contributed by atoms with Gasteiger partial charge in [-0.15, -0.1) is 0 Å². The molecule has 162 valence electrons. The molecule has 3 aromatic rings. The van der Waals surface area contributed by atoms with E-state index >= 15 is 0 Å². The van der Waals surface area contributed by atoms with E-state index < -0.39 is 0 Å². The van der Waals surface area contributed by atoms with E-state index in [0.29, 0.717) is 30.2 Å². The van der Waals surface area contributed by atoms with E-state index in [-0.39, 0.29) is 23.6 Å². The average molecular weight is 425 g/mol. The summed E-state index contributed by atoms with van der Waals surface area (Å²) in [6.45, 7) is 2.00. The summed E-state index contributed by atoms with van der Waals surface area (Å²) in [5.41, 5.74) is 2.48. The molecule has 0 spiro atoms. The Morgan fingerprint density at radius 2 is 1.77 bits per heavy atom. The lowest BCUT2D eigenvalue weighted by Gasteiger charge is -2.29. The first-order chi connectivity index (χ1) is 15.1. The van der Waals surface area contributed by atoms with Gasteiger partial charge in [-0.25, -0.2) is 4.39 Å². The summed E-state index contributed by atoms with van der Waals surface area (Å²) in [6, 6.07) is 11.7. The normalized spacial score (nSPS) is 13.5. The van der Waals surface area contributed by atoms with E-state index in [4.69, 9.17) is 18.6 Å². The molecule has 1 aliphatic heterocycles. The Morgan fingerprint density at radius 3 is 2.48 bits per heavy atom. The van der Waals surface area contributed by atoms with E-state index in [2.05, 4.69) is 4.90 Å². The van der Waals surface area contributed by atoms with Gasteiger partial charge in [0.1, 0.15) is 24.4 Å². The Labute approximate surface area is 179 Å². The van der Waals surface area contributed by atoms with Gasteiger partial charge in [-0.05, 0) is 35.7 Å². The summed E-state index contributed by atoms with van der Waals surface area (Å²) in [7, 11) is 3.25. The van der Waals surface area contributed by atoms with Crippen molar-refractivity contribution in [1.82, 2.24) is 4.90 Å². The Hall–Kier alpha value is -3.32. The minimum Gasteiger partial charge on any atom is -0.493 e. The molecular weight excluding hydrogens is 401 g/mol. The lowest BCUT2D eigenvalue weighted by Crippen LogP contribution is -2.30. The Kier molecular flexibility index (Phi) is 6.23. The Balaban J connectivity index is 1.42. The van der Waals surface area contributed by atoms with Crippen molar-refractivity contribution in [3.8, 4) is 17.2 Å². The van der Waals surface area contributed by atoms with E-state index in [1.807, 2.05) is 12.1 Å². The van der Waals surface area contributed by atoms with Gasteiger partial charge >= 0.3 is 0 Å². The third-order valence-corrected chi connectivity index (χ3v) is 5.37. The predicted molar refractivity (Wildman–Crippen MR) is 113 cm³/mol. The molecule has 0 unspecified atom stereocenters. The fourth-order valence-corrected chi connectivity index (χ4v) is 3.69. The van der Waals surface area contributed by atoms with Crippen molar-refractivity contribution < 1.29 is 23.0 Å². The third-order valence-electron chi connectivity index (χ3n) is 5.37. The minimum atomic E-state index is -0.372.